The standard InChI is InChI=1S/C27H23ClINO4S/c1-3-33-23-13-19(12-22(29)25(23)34-16-20-9-4-5-10-21(20)28)14-24-26(31)30(27(32)35-24)15-18-8-6-7-17(2)11-18/h4-14H,3,15-16H2,1-2H3/b24-14+. The molecule has 0 N–H and O–H groups in total. The van der Waals surface area contributed by atoms with Gasteiger partial charge in [0.05, 0.1) is 21.6 Å². The third kappa shape index (κ3) is 6.20. The molecule has 1 aliphatic rings. The van der Waals surface area contributed by atoms with E-state index in [1.54, 1.807) is 6.08 Å². The van der Waals surface area contributed by atoms with Gasteiger partial charge in [0.25, 0.3) is 11.1 Å². The van der Waals surface area contributed by atoms with Crippen LogP contribution in [0, 0.1) is 10.5 Å². The highest BCUT2D eigenvalue weighted by atomic mass is 127. The molecule has 0 aliphatic carbocycles. The molecule has 0 radical (unpaired) electrons. The zero-order chi connectivity index (χ0) is 24.9. The molecule has 0 bridgehead atoms. The summed E-state index contributed by atoms with van der Waals surface area (Å²) in [4.78, 5) is 27.3. The van der Waals surface area contributed by atoms with Crippen molar-refractivity contribution in [3.63, 3.8) is 0 Å². The van der Waals surface area contributed by atoms with Crippen LogP contribution in [0.1, 0.15) is 29.2 Å². The van der Waals surface area contributed by atoms with Crippen LogP contribution in [0.2, 0.25) is 5.02 Å². The van der Waals surface area contributed by atoms with Crippen LogP contribution >= 0.6 is 46.0 Å². The predicted molar refractivity (Wildman–Crippen MR) is 149 cm³/mol. The minimum absolute atomic E-state index is 0.250. The van der Waals surface area contributed by atoms with Crippen LogP contribution < -0.4 is 9.47 Å². The molecule has 1 fully saturated rings. The fourth-order valence-electron chi connectivity index (χ4n) is 3.62. The van der Waals surface area contributed by atoms with Crippen molar-refractivity contribution in [2.24, 2.45) is 0 Å². The molecule has 1 saturated heterocycles. The average Bonchev–Trinajstić information content (AvgIpc) is 3.07. The van der Waals surface area contributed by atoms with Gasteiger partial charge >= 0.3 is 0 Å². The first-order valence-corrected chi connectivity index (χ1v) is 13.3. The van der Waals surface area contributed by atoms with Gasteiger partial charge in [-0.25, -0.2) is 0 Å². The molecule has 3 aromatic carbocycles. The summed E-state index contributed by atoms with van der Waals surface area (Å²) in [6.45, 7) is 4.88. The van der Waals surface area contributed by atoms with Crippen LogP contribution in [0.5, 0.6) is 11.5 Å². The number of nitrogens with zero attached hydrogens (tertiary/aromatic N) is 1. The van der Waals surface area contributed by atoms with E-state index in [0.717, 1.165) is 37.6 Å². The zero-order valence-corrected chi connectivity index (χ0v) is 22.9. The number of halogens is 2. The Labute approximate surface area is 227 Å². The lowest BCUT2D eigenvalue weighted by Gasteiger charge is -2.15. The lowest BCUT2D eigenvalue weighted by molar-refractivity contribution is -0.123. The number of hydrogen-bond acceptors (Lipinski definition) is 5. The second kappa shape index (κ2) is 11.5. The van der Waals surface area contributed by atoms with Gasteiger partial charge in [-0.3, -0.25) is 14.5 Å². The molecule has 180 valence electrons. The van der Waals surface area contributed by atoms with E-state index in [0.29, 0.717) is 34.6 Å². The normalized spacial score (nSPS) is 14.6. The van der Waals surface area contributed by atoms with Crippen molar-refractivity contribution in [1.29, 1.82) is 0 Å². The molecule has 1 aliphatic heterocycles. The minimum Gasteiger partial charge on any atom is -0.490 e. The van der Waals surface area contributed by atoms with Crippen LogP contribution in [-0.2, 0) is 17.9 Å². The summed E-state index contributed by atoms with van der Waals surface area (Å²) in [5.74, 6) is 0.877. The maximum absolute atomic E-state index is 13.0. The van der Waals surface area contributed by atoms with Gasteiger partial charge in [-0.05, 0) is 83.6 Å². The Morgan fingerprint density at radius 3 is 2.60 bits per heavy atom. The second-order valence-electron chi connectivity index (χ2n) is 7.90. The molecular formula is C27H23ClINO4S. The number of hydrogen-bond donors (Lipinski definition) is 0. The number of thioether (sulfide) groups is 1. The number of amides is 2. The molecule has 2 amide bonds. The summed E-state index contributed by atoms with van der Waals surface area (Å²) in [5.41, 5.74) is 3.63. The van der Waals surface area contributed by atoms with E-state index in [1.807, 2.05) is 74.5 Å². The Hall–Kier alpha value is -2.49. The SMILES string of the molecule is CCOc1cc(/C=C2/SC(=O)N(Cc3cccc(C)c3)C2=O)cc(I)c1OCc1ccccc1Cl. The van der Waals surface area contributed by atoms with Crippen molar-refractivity contribution in [2.45, 2.75) is 27.0 Å². The molecule has 8 heteroatoms. The first kappa shape index (κ1) is 25.6. The van der Waals surface area contributed by atoms with Gasteiger partial charge < -0.3 is 9.47 Å². The number of benzene rings is 3. The first-order valence-electron chi connectivity index (χ1n) is 11.0. The molecule has 0 aromatic heterocycles. The van der Waals surface area contributed by atoms with Crippen molar-refractivity contribution < 1.29 is 19.1 Å². The van der Waals surface area contributed by atoms with E-state index in [9.17, 15) is 9.59 Å². The molecular weight excluding hydrogens is 597 g/mol. The number of aryl methyl sites for hydroxylation is 1. The molecule has 0 spiro atoms. The fraction of sp³-hybridized carbons (Fsp3) is 0.185. The van der Waals surface area contributed by atoms with Crippen LogP contribution in [0.25, 0.3) is 6.08 Å². The van der Waals surface area contributed by atoms with E-state index in [1.165, 1.54) is 4.90 Å². The third-order valence-electron chi connectivity index (χ3n) is 5.26. The fourth-order valence-corrected chi connectivity index (χ4v) is 5.43. The highest BCUT2D eigenvalue weighted by Crippen LogP contribution is 2.38. The van der Waals surface area contributed by atoms with Gasteiger partial charge in [0, 0.05) is 10.6 Å². The summed E-state index contributed by atoms with van der Waals surface area (Å²) < 4.78 is 12.7. The number of carbonyl (C=O) groups is 2. The Balaban J connectivity index is 1.56. The highest BCUT2D eigenvalue weighted by molar-refractivity contribution is 14.1. The van der Waals surface area contributed by atoms with Crippen molar-refractivity contribution in [3.05, 3.63) is 96.4 Å². The van der Waals surface area contributed by atoms with E-state index in [-0.39, 0.29) is 17.7 Å². The first-order chi connectivity index (χ1) is 16.9. The number of imide groups is 1. The van der Waals surface area contributed by atoms with Crippen molar-refractivity contribution >= 4 is 63.2 Å². The number of carbonyl (C=O) groups excluding carboxylic acids is 2. The van der Waals surface area contributed by atoms with Crippen molar-refractivity contribution in [1.82, 2.24) is 4.90 Å². The largest absolute Gasteiger partial charge is 0.490 e. The minimum atomic E-state index is -0.298. The third-order valence-corrected chi connectivity index (χ3v) is 7.33. The molecule has 0 atom stereocenters. The average molecular weight is 620 g/mol. The molecule has 0 saturated carbocycles. The smallest absolute Gasteiger partial charge is 0.293 e. The van der Waals surface area contributed by atoms with Gasteiger partial charge in [0.2, 0.25) is 0 Å². The van der Waals surface area contributed by atoms with Crippen molar-refractivity contribution in [3.8, 4) is 11.5 Å². The highest BCUT2D eigenvalue weighted by Gasteiger charge is 2.35. The lowest BCUT2D eigenvalue weighted by Crippen LogP contribution is -2.27. The second-order valence-corrected chi connectivity index (χ2v) is 10.5. The quantitative estimate of drug-likeness (QED) is 0.193. The van der Waals surface area contributed by atoms with E-state index in [2.05, 4.69) is 22.6 Å². The number of rotatable bonds is 8. The van der Waals surface area contributed by atoms with Crippen LogP contribution in [-0.4, -0.2) is 22.7 Å². The molecule has 1 heterocycles. The number of ether oxygens (including phenoxy) is 2. The summed E-state index contributed by atoms with van der Waals surface area (Å²) >= 11 is 9.39. The summed E-state index contributed by atoms with van der Waals surface area (Å²) in [6.07, 6.45) is 1.73. The van der Waals surface area contributed by atoms with Gasteiger partial charge in [-0.2, -0.15) is 0 Å². The van der Waals surface area contributed by atoms with E-state index in [4.69, 9.17) is 21.1 Å². The Morgan fingerprint density at radius 2 is 1.86 bits per heavy atom. The van der Waals surface area contributed by atoms with E-state index >= 15 is 0 Å². The molecule has 0 unspecified atom stereocenters. The van der Waals surface area contributed by atoms with Crippen LogP contribution in [0.4, 0.5) is 4.79 Å². The zero-order valence-electron chi connectivity index (χ0n) is 19.2. The van der Waals surface area contributed by atoms with Gasteiger partial charge in [0.15, 0.2) is 11.5 Å². The van der Waals surface area contributed by atoms with Crippen molar-refractivity contribution in [2.75, 3.05) is 6.61 Å². The van der Waals surface area contributed by atoms with Gasteiger partial charge in [-0.1, -0.05) is 59.6 Å². The van der Waals surface area contributed by atoms with E-state index < -0.39 is 0 Å². The molecule has 4 rings (SSSR count). The summed E-state index contributed by atoms with van der Waals surface area (Å²) in [7, 11) is 0. The predicted octanol–water partition coefficient (Wildman–Crippen LogP) is 7.47. The van der Waals surface area contributed by atoms with Gasteiger partial charge in [-0.15, -0.1) is 0 Å². The molecule has 3 aromatic rings. The molecule has 5 nitrogen and oxygen atoms in total. The Kier molecular flexibility index (Phi) is 8.41. The Bertz CT molecular complexity index is 1310. The lowest BCUT2D eigenvalue weighted by atomic mass is 10.1. The Morgan fingerprint density at radius 1 is 1.06 bits per heavy atom. The topological polar surface area (TPSA) is 55.8 Å². The monoisotopic (exact) mass is 619 g/mol. The van der Waals surface area contributed by atoms with Gasteiger partial charge in [0.1, 0.15) is 6.61 Å². The summed E-state index contributed by atoms with van der Waals surface area (Å²) in [6, 6.07) is 19.0. The van der Waals surface area contributed by atoms with Crippen LogP contribution in [0.15, 0.2) is 65.6 Å². The van der Waals surface area contributed by atoms with Crippen LogP contribution in [0.3, 0.4) is 0 Å². The maximum Gasteiger partial charge on any atom is 0.293 e. The summed E-state index contributed by atoms with van der Waals surface area (Å²) in [5, 5.41) is 0.362. The maximum atomic E-state index is 13.0. The molecule has 35 heavy (non-hydrogen) atoms.